The quantitative estimate of drug-likeness (QED) is 0.757. The maximum Gasteiger partial charge on any atom is 0.138 e. The predicted octanol–water partition coefficient (Wildman–Crippen LogP) is 2.64. The number of piperazine rings is 1. The second-order valence-corrected chi connectivity index (χ2v) is 5.39. The molecule has 0 spiro atoms. The molecule has 0 amide bonds. The number of benzene rings is 2. The van der Waals surface area contributed by atoms with Gasteiger partial charge in [-0.1, -0.05) is 12.1 Å². The fourth-order valence-electron chi connectivity index (χ4n) is 2.84. The maximum atomic E-state index is 4.65. The molecule has 0 radical (unpaired) electrons. The number of nitrogens with one attached hydrogen (secondary N) is 2. The minimum absolute atomic E-state index is 0.933. The summed E-state index contributed by atoms with van der Waals surface area (Å²) in [6, 6.07) is 16.8. The molecule has 1 aliphatic heterocycles. The van der Waals surface area contributed by atoms with Crippen molar-refractivity contribution in [1.29, 1.82) is 0 Å². The van der Waals surface area contributed by atoms with E-state index in [1.54, 1.807) is 0 Å². The number of rotatable bonds is 2. The first-order valence-electron chi connectivity index (χ1n) is 7.41. The third kappa shape index (κ3) is 2.38. The summed E-state index contributed by atoms with van der Waals surface area (Å²) >= 11 is 0. The third-order valence-electron chi connectivity index (χ3n) is 4.01. The zero-order chi connectivity index (χ0) is 14.1. The van der Waals surface area contributed by atoms with Crippen molar-refractivity contribution in [2.45, 2.75) is 0 Å². The van der Waals surface area contributed by atoms with Gasteiger partial charge >= 0.3 is 0 Å². The van der Waals surface area contributed by atoms with Gasteiger partial charge in [-0.2, -0.15) is 0 Å². The maximum absolute atomic E-state index is 4.65. The zero-order valence-electron chi connectivity index (χ0n) is 11.8. The summed E-state index contributed by atoms with van der Waals surface area (Å²) < 4.78 is 0. The van der Waals surface area contributed by atoms with Gasteiger partial charge in [-0.15, -0.1) is 0 Å². The van der Waals surface area contributed by atoms with Gasteiger partial charge in [0.2, 0.25) is 0 Å². The van der Waals surface area contributed by atoms with Crippen molar-refractivity contribution < 1.29 is 0 Å². The molecule has 0 unspecified atom stereocenters. The molecule has 106 valence electrons. The van der Waals surface area contributed by atoms with Crippen LogP contribution in [0.3, 0.4) is 0 Å². The fraction of sp³-hybridized carbons (Fsp3) is 0.235. The highest BCUT2D eigenvalue weighted by Gasteiger charge is 2.11. The highest BCUT2D eigenvalue weighted by Crippen LogP contribution is 2.23. The summed E-state index contributed by atoms with van der Waals surface area (Å²) in [6.07, 6.45) is 0. The van der Waals surface area contributed by atoms with E-state index in [0.717, 1.165) is 48.6 Å². The van der Waals surface area contributed by atoms with E-state index in [9.17, 15) is 0 Å². The number of aromatic nitrogens is 2. The topological polar surface area (TPSA) is 44.0 Å². The van der Waals surface area contributed by atoms with Crippen molar-refractivity contribution in [3.63, 3.8) is 0 Å². The van der Waals surface area contributed by atoms with Crippen LogP contribution in [-0.2, 0) is 0 Å². The smallest absolute Gasteiger partial charge is 0.138 e. The Hall–Kier alpha value is -2.33. The molecule has 0 bridgehead atoms. The number of fused-ring (bicyclic) bond motifs is 1. The summed E-state index contributed by atoms with van der Waals surface area (Å²) in [4.78, 5) is 10.4. The van der Waals surface area contributed by atoms with Gasteiger partial charge in [0.1, 0.15) is 5.82 Å². The summed E-state index contributed by atoms with van der Waals surface area (Å²) in [7, 11) is 0. The summed E-state index contributed by atoms with van der Waals surface area (Å²) in [5.74, 6) is 0.933. The van der Waals surface area contributed by atoms with Crippen LogP contribution in [0.4, 0.5) is 5.69 Å². The van der Waals surface area contributed by atoms with E-state index in [4.69, 9.17) is 0 Å². The molecule has 0 atom stereocenters. The van der Waals surface area contributed by atoms with Crippen LogP contribution in [-0.4, -0.2) is 36.1 Å². The molecule has 4 nitrogen and oxygen atoms in total. The minimum atomic E-state index is 0.933. The molecule has 4 rings (SSSR count). The lowest BCUT2D eigenvalue weighted by atomic mass is 10.1. The summed E-state index contributed by atoms with van der Waals surface area (Å²) in [5, 5.41) is 3.38. The van der Waals surface area contributed by atoms with Crippen LogP contribution in [0, 0.1) is 0 Å². The monoisotopic (exact) mass is 278 g/mol. The van der Waals surface area contributed by atoms with Crippen LogP contribution < -0.4 is 10.2 Å². The van der Waals surface area contributed by atoms with Crippen molar-refractivity contribution in [1.82, 2.24) is 15.3 Å². The van der Waals surface area contributed by atoms with Gasteiger partial charge in [-0.05, 0) is 36.4 Å². The largest absolute Gasteiger partial charge is 0.369 e. The van der Waals surface area contributed by atoms with Gasteiger partial charge in [0.15, 0.2) is 0 Å². The number of para-hydroxylation sites is 2. The lowest BCUT2D eigenvalue weighted by Crippen LogP contribution is -2.43. The number of anilines is 1. The van der Waals surface area contributed by atoms with Crippen LogP contribution in [0.5, 0.6) is 0 Å². The van der Waals surface area contributed by atoms with E-state index in [0.29, 0.717) is 0 Å². The number of imidazole rings is 1. The van der Waals surface area contributed by atoms with Gasteiger partial charge in [0.25, 0.3) is 0 Å². The Morgan fingerprint density at radius 2 is 1.67 bits per heavy atom. The second kappa shape index (κ2) is 5.22. The predicted molar refractivity (Wildman–Crippen MR) is 86.6 cm³/mol. The molecule has 3 aromatic rings. The first-order valence-corrected chi connectivity index (χ1v) is 7.41. The van der Waals surface area contributed by atoms with Crippen LogP contribution in [0.1, 0.15) is 0 Å². The van der Waals surface area contributed by atoms with Gasteiger partial charge in [-0.25, -0.2) is 4.98 Å². The molecule has 1 fully saturated rings. The number of hydrogen-bond acceptors (Lipinski definition) is 3. The lowest BCUT2D eigenvalue weighted by Gasteiger charge is -2.29. The number of hydrogen-bond donors (Lipinski definition) is 2. The van der Waals surface area contributed by atoms with Crippen molar-refractivity contribution in [3.05, 3.63) is 48.5 Å². The first kappa shape index (κ1) is 12.4. The third-order valence-corrected chi connectivity index (χ3v) is 4.01. The van der Waals surface area contributed by atoms with Gasteiger partial charge in [0.05, 0.1) is 11.0 Å². The average Bonchev–Trinajstić information content (AvgIpc) is 3.00. The van der Waals surface area contributed by atoms with E-state index >= 15 is 0 Å². The standard InChI is InChI=1S/C17H18N4/c1-2-4-16-15(3-1)19-17(20-16)13-5-7-14(8-6-13)21-11-9-18-10-12-21/h1-8,18H,9-12H2,(H,19,20). The molecular weight excluding hydrogens is 260 g/mol. The molecule has 0 saturated carbocycles. The van der Waals surface area contributed by atoms with Gasteiger partial charge in [-0.3, -0.25) is 0 Å². The number of aromatic amines is 1. The van der Waals surface area contributed by atoms with E-state index in [-0.39, 0.29) is 0 Å². The molecule has 2 N–H and O–H groups in total. The normalized spacial score (nSPS) is 15.5. The van der Waals surface area contributed by atoms with Crippen molar-refractivity contribution in [2.75, 3.05) is 31.1 Å². The minimum Gasteiger partial charge on any atom is -0.369 e. The number of nitrogens with zero attached hydrogens (tertiary/aromatic N) is 2. The Balaban J connectivity index is 1.63. The van der Waals surface area contributed by atoms with Crippen molar-refractivity contribution in [3.8, 4) is 11.4 Å². The molecule has 1 aliphatic rings. The van der Waals surface area contributed by atoms with Crippen molar-refractivity contribution >= 4 is 16.7 Å². The molecular formula is C17H18N4. The van der Waals surface area contributed by atoms with E-state index in [1.807, 2.05) is 18.2 Å². The molecule has 0 aliphatic carbocycles. The van der Waals surface area contributed by atoms with Crippen LogP contribution in [0.2, 0.25) is 0 Å². The van der Waals surface area contributed by atoms with Gasteiger partial charge in [0, 0.05) is 37.4 Å². The van der Waals surface area contributed by atoms with E-state index < -0.39 is 0 Å². The van der Waals surface area contributed by atoms with Crippen LogP contribution in [0.25, 0.3) is 22.4 Å². The lowest BCUT2D eigenvalue weighted by molar-refractivity contribution is 0.589. The Bertz CT molecular complexity index is 706. The fourth-order valence-corrected chi connectivity index (χ4v) is 2.84. The molecule has 2 heterocycles. The Kier molecular flexibility index (Phi) is 3.09. The Labute approximate surface area is 123 Å². The SMILES string of the molecule is c1ccc2[nH]c(-c3ccc(N4CCNCC4)cc3)nc2c1. The Morgan fingerprint density at radius 1 is 0.905 bits per heavy atom. The summed E-state index contributed by atoms with van der Waals surface area (Å²) in [6.45, 7) is 4.27. The van der Waals surface area contributed by atoms with Gasteiger partial charge < -0.3 is 15.2 Å². The second-order valence-electron chi connectivity index (χ2n) is 5.39. The average molecular weight is 278 g/mol. The van der Waals surface area contributed by atoms with Crippen LogP contribution >= 0.6 is 0 Å². The Morgan fingerprint density at radius 3 is 2.43 bits per heavy atom. The van der Waals surface area contributed by atoms with Crippen molar-refractivity contribution in [2.24, 2.45) is 0 Å². The number of H-pyrrole nitrogens is 1. The van der Waals surface area contributed by atoms with E-state index in [2.05, 4.69) is 50.5 Å². The highest BCUT2D eigenvalue weighted by molar-refractivity contribution is 5.79. The zero-order valence-corrected chi connectivity index (χ0v) is 11.8. The molecule has 2 aromatic carbocycles. The molecule has 1 saturated heterocycles. The highest BCUT2D eigenvalue weighted by atomic mass is 15.2. The molecule has 21 heavy (non-hydrogen) atoms. The molecule has 1 aromatic heterocycles. The first-order chi connectivity index (χ1) is 10.4. The molecule has 4 heteroatoms. The van der Waals surface area contributed by atoms with Crippen LogP contribution in [0.15, 0.2) is 48.5 Å². The van der Waals surface area contributed by atoms with E-state index in [1.165, 1.54) is 5.69 Å². The summed E-state index contributed by atoms with van der Waals surface area (Å²) in [5.41, 5.74) is 4.51.